The van der Waals surface area contributed by atoms with Crippen LogP contribution in [0.2, 0.25) is 0 Å². The first-order chi connectivity index (χ1) is 15.1. The minimum atomic E-state index is -1.11. The Morgan fingerprint density at radius 2 is 1.81 bits per heavy atom. The number of fused-ring (bicyclic) bond motifs is 1. The second kappa shape index (κ2) is 8.64. The average Bonchev–Trinajstić information content (AvgIpc) is 3.27. The van der Waals surface area contributed by atoms with Crippen molar-refractivity contribution in [1.29, 1.82) is 5.26 Å². The zero-order valence-corrected chi connectivity index (χ0v) is 16.9. The maximum Gasteiger partial charge on any atom is 0.303 e. The van der Waals surface area contributed by atoms with Crippen molar-refractivity contribution in [3.63, 3.8) is 0 Å². The molecule has 31 heavy (non-hydrogen) atoms. The molecule has 0 aliphatic rings. The van der Waals surface area contributed by atoms with Gasteiger partial charge in [0.15, 0.2) is 5.78 Å². The summed E-state index contributed by atoms with van der Waals surface area (Å²) in [7, 11) is 0. The molecule has 0 radical (unpaired) electrons. The van der Waals surface area contributed by atoms with Crippen LogP contribution in [0.1, 0.15) is 29.8 Å². The highest BCUT2D eigenvalue weighted by Gasteiger charge is 2.29. The number of aromatic nitrogens is 2. The number of rotatable bonds is 6. The maximum atomic E-state index is 13.4. The van der Waals surface area contributed by atoms with Crippen LogP contribution in [0.4, 0.5) is 0 Å². The first-order valence-electron chi connectivity index (χ1n) is 9.76. The highest BCUT2D eigenvalue weighted by Crippen LogP contribution is 2.32. The maximum absolute atomic E-state index is 13.4. The predicted molar refractivity (Wildman–Crippen MR) is 115 cm³/mol. The van der Waals surface area contributed by atoms with E-state index in [1.807, 2.05) is 42.5 Å². The fourth-order valence-corrected chi connectivity index (χ4v) is 3.57. The van der Waals surface area contributed by atoms with Gasteiger partial charge in [0, 0.05) is 18.9 Å². The minimum Gasteiger partial charge on any atom is -0.448 e. The smallest absolute Gasteiger partial charge is 0.303 e. The summed E-state index contributed by atoms with van der Waals surface area (Å²) >= 11 is 0. The second-order valence-corrected chi connectivity index (χ2v) is 7.13. The molecule has 0 fully saturated rings. The molecule has 0 aliphatic carbocycles. The minimum absolute atomic E-state index is 0.0585. The Morgan fingerprint density at radius 3 is 2.48 bits per heavy atom. The third-order valence-corrected chi connectivity index (χ3v) is 4.99. The van der Waals surface area contributed by atoms with Gasteiger partial charge in [-0.3, -0.25) is 14.0 Å². The summed E-state index contributed by atoms with van der Waals surface area (Å²) < 4.78 is 7.35. The lowest BCUT2D eigenvalue weighted by Gasteiger charge is -2.21. The molecule has 152 valence electrons. The molecule has 0 saturated heterocycles. The number of esters is 1. The Balaban J connectivity index is 1.82. The number of carbonyl (C=O) groups is 2. The van der Waals surface area contributed by atoms with Gasteiger partial charge in [0.25, 0.3) is 0 Å². The van der Waals surface area contributed by atoms with Crippen molar-refractivity contribution in [3.8, 4) is 17.2 Å². The van der Waals surface area contributed by atoms with Gasteiger partial charge in [-0.2, -0.15) is 5.26 Å². The molecule has 6 heteroatoms. The number of hydrogen-bond donors (Lipinski definition) is 0. The highest BCUT2D eigenvalue weighted by molar-refractivity contribution is 5.90. The van der Waals surface area contributed by atoms with Gasteiger partial charge in [-0.05, 0) is 29.3 Å². The summed E-state index contributed by atoms with van der Waals surface area (Å²) in [5.74, 6) is -0.812. The topological polar surface area (TPSA) is 84.5 Å². The number of nitrogens with zero attached hydrogens (tertiary/aromatic N) is 3. The molecule has 0 N–H and O–H groups in total. The number of pyridine rings is 1. The zero-order valence-electron chi connectivity index (χ0n) is 16.9. The lowest BCUT2D eigenvalue weighted by molar-refractivity contribution is -0.153. The van der Waals surface area contributed by atoms with Crippen LogP contribution in [-0.2, 0) is 20.7 Å². The van der Waals surface area contributed by atoms with E-state index in [2.05, 4.69) is 11.1 Å². The molecular weight excluding hydrogens is 390 g/mol. The Bertz CT molecular complexity index is 1290. The van der Waals surface area contributed by atoms with E-state index in [-0.39, 0.29) is 12.2 Å². The first-order valence-corrected chi connectivity index (χ1v) is 9.76. The number of benzene rings is 2. The van der Waals surface area contributed by atoms with Gasteiger partial charge in [0.05, 0.1) is 35.4 Å². The number of ketones is 1. The van der Waals surface area contributed by atoms with Gasteiger partial charge in [-0.1, -0.05) is 48.5 Å². The highest BCUT2D eigenvalue weighted by atomic mass is 16.5. The fourth-order valence-electron chi connectivity index (χ4n) is 3.57. The number of nitriles is 1. The molecule has 0 spiro atoms. The van der Waals surface area contributed by atoms with Crippen molar-refractivity contribution >= 4 is 17.3 Å². The van der Waals surface area contributed by atoms with Crippen LogP contribution >= 0.6 is 0 Å². The van der Waals surface area contributed by atoms with E-state index >= 15 is 0 Å². The summed E-state index contributed by atoms with van der Waals surface area (Å²) in [4.78, 5) is 29.5. The van der Waals surface area contributed by atoms with Crippen molar-refractivity contribution in [3.05, 3.63) is 96.1 Å². The van der Waals surface area contributed by atoms with Gasteiger partial charge >= 0.3 is 5.97 Å². The van der Waals surface area contributed by atoms with Gasteiger partial charge in [-0.25, -0.2) is 4.98 Å². The summed E-state index contributed by atoms with van der Waals surface area (Å²) in [6, 6.07) is 22.3. The molecule has 0 amide bonds. The predicted octanol–water partition coefficient (Wildman–Crippen LogP) is 4.29. The van der Waals surface area contributed by atoms with Crippen LogP contribution in [0.15, 0.2) is 79.3 Å². The van der Waals surface area contributed by atoms with E-state index in [0.29, 0.717) is 11.3 Å². The standard InChI is InChI=1S/C25H19N3O3/c1-17(29)31-25(23(30)13-18-7-9-19(14-26)10-8-18)24-22(20-5-3-2-4-6-20)12-11-21-15-27-16-28(21)24/h2-12,15-16,25H,13H2,1H3. The Labute approximate surface area is 179 Å². The Hall–Kier alpha value is -4.24. The molecule has 0 aliphatic heterocycles. The lowest BCUT2D eigenvalue weighted by Crippen LogP contribution is -2.23. The lowest BCUT2D eigenvalue weighted by atomic mass is 9.95. The summed E-state index contributed by atoms with van der Waals surface area (Å²) in [6.45, 7) is 1.29. The third kappa shape index (κ3) is 4.21. The number of ether oxygens (including phenoxy) is 1. The summed E-state index contributed by atoms with van der Waals surface area (Å²) in [5.41, 5.74) is 4.28. The Kier molecular flexibility index (Phi) is 5.59. The molecule has 4 rings (SSSR count). The van der Waals surface area contributed by atoms with E-state index in [1.54, 1.807) is 41.2 Å². The van der Waals surface area contributed by atoms with Crippen molar-refractivity contribution in [2.45, 2.75) is 19.4 Å². The van der Waals surface area contributed by atoms with Crippen molar-refractivity contribution in [2.24, 2.45) is 0 Å². The van der Waals surface area contributed by atoms with Crippen LogP contribution in [0.25, 0.3) is 16.6 Å². The van der Waals surface area contributed by atoms with E-state index in [9.17, 15) is 9.59 Å². The number of imidazole rings is 1. The summed E-state index contributed by atoms with van der Waals surface area (Å²) in [5, 5.41) is 8.98. The van der Waals surface area contributed by atoms with Crippen molar-refractivity contribution in [1.82, 2.24) is 9.38 Å². The number of hydrogen-bond acceptors (Lipinski definition) is 5. The molecule has 1 unspecified atom stereocenters. The molecule has 0 saturated carbocycles. The summed E-state index contributed by atoms with van der Waals surface area (Å²) in [6.07, 6.45) is 2.25. The van der Waals surface area contributed by atoms with E-state index in [1.165, 1.54) is 6.92 Å². The molecule has 6 nitrogen and oxygen atoms in total. The van der Waals surface area contributed by atoms with Crippen molar-refractivity contribution < 1.29 is 14.3 Å². The number of Topliss-reactive ketones (excluding diaryl/α,β-unsaturated/α-hetero) is 1. The quantitative estimate of drug-likeness (QED) is 0.444. The van der Waals surface area contributed by atoms with E-state index in [4.69, 9.17) is 10.00 Å². The van der Waals surface area contributed by atoms with Crippen LogP contribution in [-0.4, -0.2) is 21.1 Å². The van der Waals surface area contributed by atoms with Crippen molar-refractivity contribution in [2.75, 3.05) is 0 Å². The van der Waals surface area contributed by atoms with Gasteiger partial charge in [-0.15, -0.1) is 0 Å². The van der Waals surface area contributed by atoms with Crippen LogP contribution in [0, 0.1) is 11.3 Å². The van der Waals surface area contributed by atoms with Crippen LogP contribution in [0.5, 0.6) is 0 Å². The molecule has 2 aromatic carbocycles. The monoisotopic (exact) mass is 409 g/mol. The fraction of sp³-hybridized carbons (Fsp3) is 0.120. The number of carbonyl (C=O) groups excluding carboxylic acids is 2. The zero-order chi connectivity index (χ0) is 21.8. The molecule has 2 heterocycles. The molecule has 0 bridgehead atoms. The van der Waals surface area contributed by atoms with Crippen LogP contribution < -0.4 is 0 Å². The third-order valence-electron chi connectivity index (χ3n) is 4.99. The largest absolute Gasteiger partial charge is 0.448 e. The van der Waals surface area contributed by atoms with Crippen LogP contribution in [0.3, 0.4) is 0 Å². The van der Waals surface area contributed by atoms with Gasteiger partial charge in [0.2, 0.25) is 6.10 Å². The average molecular weight is 409 g/mol. The normalized spacial score (nSPS) is 11.6. The van der Waals surface area contributed by atoms with E-state index < -0.39 is 12.1 Å². The van der Waals surface area contributed by atoms with Gasteiger partial charge in [0.1, 0.15) is 0 Å². The molecular formula is C25H19N3O3. The SMILES string of the molecule is CC(=O)OC(C(=O)Cc1ccc(C#N)cc1)c1c(-c2ccccc2)ccc2cncn12. The Morgan fingerprint density at radius 1 is 1.06 bits per heavy atom. The van der Waals surface area contributed by atoms with E-state index in [0.717, 1.165) is 22.2 Å². The second-order valence-electron chi connectivity index (χ2n) is 7.13. The molecule has 1 atom stereocenters. The molecule has 4 aromatic rings. The molecule has 2 aromatic heterocycles. The van der Waals surface area contributed by atoms with Gasteiger partial charge < -0.3 is 4.74 Å². The first kappa shape index (κ1) is 20.0.